The molecule has 0 radical (unpaired) electrons. The number of benzene rings is 1. The fourth-order valence-electron chi connectivity index (χ4n) is 3.31. The number of methoxy groups -OCH3 is 1. The number of hydrogen-bond acceptors (Lipinski definition) is 6. The van der Waals surface area contributed by atoms with E-state index in [1.165, 1.54) is 25.6 Å². The summed E-state index contributed by atoms with van der Waals surface area (Å²) in [5.41, 5.74) is 3.86. The summed E-state index contributed by atoms with van der Waals surface area (Å²) in [5, 5.41) is 6.80. The Morgan fingerprint density at radius 1 is 0.969 bits per heavy atom. The van der Waals surface area contributed by atoms with Crippen molar-refractivity contribution >= 4 is 17.6 Å². The van der Waals surface area contributed by atoms with Gasteiger partial charge in [-0.05, 0) is 48.5 Å². The summed E-state index contributed by atoms with van der Waals surface area (Å²) in [7, 11) is 1.29. The molecule has 0 saturated heterocycles. The summed E-state index contributed by atoms with van der Waals surface area (Å²) in [6.07, 6.45) is 6.16. The van der Waals surface area contributed by atoms with E-state index >= 15 is 0 Å². The minimum Gasteiger partial charge on any atom is -0.453 e. The molecule has 10 heteroatoms. The molecule has 5 aromatic rings. The zero-order chi connectivity index (χ0) is 22.1. The lowest BCUT2D eigenvalue weighted by Gasteiger charge is -2.08. The highest BCUT2D eigenvalue weighted by Crippen LogP contribution is 2.25. The van der Waals surface area contributed by atoms with Crippen LogP contribution in [0.2, 0.25) is 0 Å². The van der Waals surface area contributed by atoms with Gasteiger partial charge in [-0.15, -0.1) is 0 Å². The Bertz CT molecular complexity index is 1410. The number of halogens is 1. The molecule has 32 heavy (non-hydrogen) atoms. The van der Waals surface area contributed by atoms with Crippen LogP contribution >= 0.6 is 0 Å². The van der Waals surface area contributed by atoms with Crippen LogP contribution < -0.4 is 5.32 Å². The van der Waals surface area contributed by atoms with E-state index in [0.29, 0.717) is 17.3 Å². The lowest BCUT2D eigenvalue weighted by atomic mass is 10.2. The van der Waals surface area contributed by atoms with Gasteiger partial charge >= 0.3 is 6.09 Å². The van der Waals surface area contributed by atoms with Gasteiger partial charge in [-0.1, -0.05) is 0 Å². The molecule has 1 aromatic carbocycles. The van der Waals surface area contributed by atoms with Gasteiger partial charge in [0.2, 0.25) is 0 Å². The van der Waals surface area contributed by atoms with Crippen LogP contribution in [0, 0.1) is 5.82 Å². The number of ether oxygens (including phenoxy) is 1. The van der Waals surface area contributed by atoms with Gasteiger partial charge in [0.15, 0.2) is 5.82 Å². The van der Waals surface area contributed by atoms with Gasteiger partial charge in [0.05, 0.1) is 24.7 Å². The van der Waals surface area contributed by atoms with E-state index in [9.17, 15) is 9.18 Å². The maximum absolute atomic E-state index is 13.3. The summed E-state index contributed by atoms with van der Waals surface area (Å²) >= 11 is 0. The average Bonchev–Trinajstić information content (AvgIpc) is 3.47. The number of carbonyl (C=O) groups excluding carboxylic acids is 1. The van der Waals surface area contributed by atoms with Crippen LogP contribution in [-0.4, -0.2) is 42.3 Å². The third-order valence-electron chi connectivity index (χ3n) is 4.86. The molecule has 0 fully saturated rings. The minimum absolute atomic E-state index is 0.318. The molecule has 0 unspecified atom stereocenters. The van der Waals surface area contributed by atoms with Crippen molar-refractivity contribution in [3.63, 3.8) is 0 Å². The van der Waals surface area contributed by atoms with Crippen LogP contribution in [0.1, 0.15) is 0 Å². The second-order valence-electron chi connectivity index (χ2n) is 6.81. The first-order valence-electron chi connectivity index (χ1n) is 9.57. The van der Waals surface area contributed by atoms with Crippen molar-refractivity contribution in [3.05, 3.63) is 79.3 Å². The second kappa shape index (κ2) is 7.91. The molecule has 0 aliphatic carbocycles. The van der Waals surface area contributed by atoms with Gasteiger partial charge in [0.1, 0.15) is 23.6 Å². The molecule has 5 rings (SSSR count). The summed E-state index contributed by atoms with van der Waals surface area (Å²) < 4.78 is 21.5. The standard InChI is InChI=1S/C22H16FN7O2/c1-32-22(31)28-19-8-2-14(10-24-19)18-11-25-20-9-3-15(12-29(18)20)21-26-13-27-30(21)17-6-4-16(23)5-7-17/h2-13H,1H3,(H,24,28,31). The number of pyridine rings is 2. The number of carbonyl (C=O) groups is 1. The van der Waals surface area contributed by atoms with Crippen molar-refractivity contribution in [2.45, 2.75) is 0 Å². The lowest BCUT2D eigenvalue weighted by molar-refractivity contribution is 0.187. The van der Waals surface area contributed by atoms with Crippen molar-refractivity contribution in [2.75, 3.05) is 12.4 Å². The molecule has 0 atom stereocenters. The Balaban J connectivity index is 1.52. The molecule has 1 N–H and O–H groups in total. The summed E-state index contributed by atoms with van der Waals surface area (Å²) in [6, 6.07) is 13.3. The van der Waals surface area contributed by atoms with Crippen molar-refractivity contribution in [1.29, 1.82) is 0 Å². The first-order valence-corrected chi connectivity index (χ1v) is 9.57. The first kappa shape index (κ1) is 19.4. The predicted octanol–water partition coefficient (Wildman–Crippen LogP) is 3.96. The Kier molecular flexibility index (Phi) is 4.79. The normalized spacial score (nSPS) is 10.9. The number of anilines is 1. The van der Waals surface area contributed by atoms with E-state index in [1.54, 1.807) is 35.3 Å². The van der Waals surface area contributed by atoms with Gasteiger partial charge in [0, 0.05) is 23.5 Å². The fraction of sp³-hybridized carbons (Fsp3) is 0.0455. The van der Waals surface area contributed by atoms with E-state index in [-0.39, 0.29) is 5.82 Å². The van der Waals surface area contributed by atoms with Gasteiger partial charge in [0.25, 0.3) is 0 Å². The number of nitrogens with zero attached hydrogens (tertiary/aromatic N) is 6. The highest BCUT2D eigenvalue weighted by molar-refractivity contribution is 5.83. The van der Waals surface area contributed by atoms with Crippen LogP contribution in [0.5, 0.6) is 0 Å². The molecule has 1 amide bonds. The molecule has 0 aliphatic heterocycles. The summed E-state index contributed by atoms with van der Waals surface area (Å²) in [5.74, 6) is 0.665. The second-order valence-corrected chi connectivity index (χ2v) is 6.81. The first-order chi connectivity index (χ1) is 15.6. The smallest absolute Gasteiger partial charge is 0.412 e. The molecule has 4 heterocycles. The van der Waals surface area contributed by atoms with Crippen molar-refractivity contribution in [3.8, 4) is 28.3 Å². The average molecular weight is 429 g/mol. The predicted molar refractivity (Wildman–Crippen MR) is 115 cm³/mol. The molecule has 9 nitrogen and oxygen atoms in total. The van der Waals surface area contributed by atoms with Gasteiger partial charge in [-0.25, -0.2) is 28.8 Å². The zero-order valence-electron chi connectivity index (χ0n) is 16.8. The highest BCUT2D eigenvalue weighted by Gasteiger charge is 2.13. The number of fused-ring (bicyclic) bond motifs is 1. The number of imidazole rings is 1. The lowest BCUT2D eigenvalue weighted by Crippen LogP contribution is -2.11. The maximum Gasteiger partial charge on any atom is 0.412 e. The molecule has 0 saturated carbocycles. The van der Waals surface area contributed by atoms with Crippen LogP contribution in [0.3, 0.4) is 0 Å². The van der Waals surface area contributed by atoms with E-state index < -0.39 is 6.09 Å². The topological polar surface area (TPSA) is 99.2 Å². The van der Waals surface area contributed by atoms with Gasteiger partial charge in [-0.3, -0.25) is 9.72 Å². The maximum atomic E-state index is 13.3. The molecule has 0 spiro atoms. The molecule has 0 bridgehead atoms. The van der Waals surface area contributed by atoms with E-state index in [2.05, 4.69) is 30.1 Å². The Hall–Kier alpha value is -4.60. The highest BCUT2D eigenvalue weighted by atomic mass is 19.1. The van der Waals surface area contributed by atoms with Crippen molar-refractivity contribution in [1.82, 2.24) is 29.1 Å². The number of nitrogens with one attached hydrogen (secondary N) is 1. The summed E-state index contributed by atoms with van der Waals surface area (Å²) in [4.78, 5) is 24.4. The molecule has 158 valence electrons. The van der Waals surface area contributed by atoms with Gasteiger partial charge in [-0.2, -0.15) is 5.10 Å². The Labute approximate surface area is 181 Å². The largest absolute Gasteiger partial charge is 0.453 e. The van der Waals surface area contributed by atoms with E-state index in [0.717, 1.165) is 22.5 Å². The van der Waals surface area contributed by atoms with Gasteiger partial charge < -0.3 is 4.74 Å². The van der Waals surface area contributed by atoms with Crippen LogP contribution in [0.25, 0.3) is 34.0 Å². The monoisotopic (exact) mass is 429 g/mol. The molecular formula is C22H16FN7O2. The third kappa shape index (κ3) is 3.54. The minimum atomic E-state index is -0.588. The number of rotatable bonds is 4. The third-order valence-corrected chi connectivity index (χ3v) is 4.86. The van der Waals surface area contributed by atoms with E-state index in [1.807, 2.05) is 28.8 Å². The molecule has 4 aromatic heterocycles. The number of aromatic nitrogens is 6. The SMILES string of the molecule is COC(=O)Nc1ccc(-c2cnc3ccc(-c4ncnn4-c4ccc(F)cc4)cn23)cn1. The van der Waals surface area contributed by atoms with Crippen LogP contribution in [0.4, 0.5) is 15.0 Å². The quantitative estimate of drug-likeness (QED) is 0.464. The van der Waals surface area contributed by atoms with Crippen LogP contribution in [-0.2, 0) is 4.74 Å². The number of hydrogen-bond donors (Lipinski definition) is 1. The van der Waals surface area contributed by atoms with Crippen molar-refractivity contribution in [2.24, 2.45) is 0 Å². The zero-order valence-corrected chi connectivity index (χ0v) is 16.8. The molecular weight excluding hydrogens is 413 g/mol. The van der Waals surface area contributed by atoms with Crippen LogP contribution in [0.15, 0.2) is 73.4 Å². The summed E-state index contributed by atoms with van der Waals surface area (Å²) in [6.45, 7) is 0. The molecule has 0 aliphatic rings. The number of amides is 1. The van der Waals surface area contributed by atoms with Crippen molar-refractivity contribution < 1.29 is 13.9 Å². The Morgan fingerprint density at radius 2 is 1.78 bits per heavy atom. The van der Waals surface area contributed by atoms with E-state index in [4.69, 9.17) is 0 Å². The fourth-order valence-corrected chi connectivity index (χ4v) is 3.31. The Morgan fingerprint density at radius 3 is 2.53 bits per heavy atom.